The molecule has 1 rings (SSSR count). The van der Waals surface area contributed by atoms with Crippen molar-refractivity contribution in [1.29, 1.82) is 0 Å². The number of nitrogens with one attached hydrogen (secondary N) is 1. The second-order valence-corrected chi connectivity index (χ2v) is 5.97. The van der Waals surface area contributed by atoms with Gasteiger partial charge in [0.05, 0.1) is 0 Å². The van der Waals surface area contributed by atoms with Gasteiger partial charge in [0.2, 0.25) is 5.91 Å². The maximum atomic E-state index is 11.4. The Hall–Kier alpha value is -1.35. The predicted octanol–water partition coefficient (Wildman–Crippen LogP) is 2.85. The number of hydrogen-bond acceptors (Lipinski definition) is 2. The largest absolute Gasteiger partial charge is 0.352 e. The third-order valence-electron chi connectivity index (χ3n) is 3.49. The molecule has 3 heteroatoms. The van der Waals surface area contributed by atoms with Crippen molar-refractivity contribution >= 4 is 5.91 Å². The Balaban J connectivity index is 2.75. The van der Waals surface area contributed by atoms with Crippen LogP contribution in [0.3, 0.4) is 0 Å². The van der Waals surface area contributed by atoms with Crippen molar-refractivity contribution in [2.45, 2.75) is 59.2 Å². The van der Waals surface area contributed by atoms with E-state index in [0.29, 0.717) is 12.1 Å². The zero-order chi connectivity index (χ0) is 15.1. The topological polar surface area (TPSA) is 32.3 Å². The van der Waals surface area contributed by atoms with Crippen LogP contribution in [-0.2, 0) is 11.2 Å². The number of carbonyl (C=O) groups excluding carboxylic acids is 1. The molecule has 0 heterocycles. The van der Waals surface area contributed by atoms with E-state index in [0.717, 1.165) is 13.0 Å². The molecule has 0 unspecified atom stereocenters. The lowest BCUT2D eigenvalue weighted by Crippen LogP contribution is -2.48. The molecule has 1 atom stereocenters. The minimum Gasteiger partial charge on any atom is -0.352 e. The second kappa shape index (κ2) is 8.05. The Morgan fingerprint density at radius 2 is 1.65 bits per heavy atom. The highest BCUT2D eigenvalue weighted by Gasteiger charge is 2.20. The summed E-state index contributed by atoms with van der Waals surface area (Å²) >= 11 is 0. The Morgan fingerprint density at radius 3 is 2.10 bits per heavy atom. The second-order valence-electron chi connectivity index (χ2n) is 5.97. The van der Waals surface area contributed by atoms with Gasteiger partial charge in [-0.2, -0.15) is 0 Å². The number of benzene rings is 1. The first-order chi connectivity index (χ1) is 9.40. The molecular weight excluding hydrogens is 248 g/mol. The first kappa shape index (κ1) is 16.7. The van der Waals surface area contributed by atoms with Crippen LogP contribution in [0.25, 0.3) is 0 Å². The van der Waals surface area contributed by atoms with E-state index in [1.165, 1.54) is 5.56 Å². The van der Waals surface area contributed by atoms with Gasteiger partial charge >= 0.3 is 0 Å². The molecule has 3 nitrogen and oxygen atoms in total. The molecular formula is C17H28N2O. The van der Waals surface area contributed by atoms with E-state index < -0.39 is 0 Å². The van der Waals surface area contributed by atoms with E-state index in [9.17, 15) is 4.79 Å². The minimum atomic E-state index is 0.0402. The van der Waals surface area contributed by atoms with Gasteiger partial charge in [-0.15, -0.1) is 0 Å². The first-order valence-corrected chi connectivity index (χ1v) is 7.47. The van der Waals surface area contributed by atoms with Crippen molar-refractivity contribution in [2.24, 2.45) is 0 Å². The fourth-order valence-electron chi connectivity index (χ4n) is 2.62. The zero-order valence-corrected chi connectivity index (χ0v) is 13.4. The van der Waals surface area contributed by atoms with E-state index in [-0.39, 0.29) is 11.9 Å². The van der Waals surface area contributed by atoms with Crippen LogP contribution in [0.5, 0.6) is 0 Å². The normalized spacial score (nSPS) is 13.0. The Morgan fingerprint density at radius 1 is 1.10 bits per heavy atom. The summed E-state index contributed by atoms with van der Waals surface area (Å²) in [5.74, 6) is 0.0402. The smallest absolute Gasteiger partial charge is 0.217 e. The van der Waals surface area contributed by atoms with Crippen LogP contribution < -0.4 is 5.32 Å². The van der Waals surface area contributed by atoms with Crippen LogP contribution in [0.1, 0.15) is 40.2 Å². The fourth-order valence-corrected chi connectivity index (χ4v) is 2.62. The highest BCUT2D eigenvalue weighted by atomic mass is 16.1. The minimum absolute atomic E-state index is 0.0402. The molecule has 0 aromatic heterocycles. The van der Waals surface area contributed by atoms with Crippen molar-refractivity contribution in [3.05, 3.63) is 35.9 Å². The molecule has 1 amide bonds. The molecule has 1 aromatic carbocycles. The van der Waals surface area contributed by atoms with E-state index in [1.807, 2.05) is 18.2 Å². The Bertz CT molecular complexity index is 393. The third kappa shape index (κ3) is 5.74. The van der Waals surface area contributed by atoms with Crippen LogP contribution in [0, 0.1) is 0 Å². The number of nitrogens with zero attached hydrogens (tertiary/aromatic N) is 1. The summed E-state index contributed by atoms with van der Waals surface area (Å²) in [6, 6.07) is 11.4. The number of rotatable bonds is 7. The van der Waals surface area contributed by atoms with Crippen LogP contribution in [0.15, 0.2) is 30.3 Å². The Labute approximate surface area is 123 Å². The van der Waals surface area contributed by atoms with Gasteiger partial charge in [0.25, 0.3) is 0 Å². The van der Waals surface area contributed by atoms with Crippen LogP contribution in [0.4, 0.5) is 0 Å². The lowest BCUT2D eigenvalue weighted by Gasteiger charge is -2.34. The fraction of sp³-hybridized carbons (Fsp3) is 0.588. The molecule has 0 radical (unpaired) electrons. The average Bonchev–Trinajstić information content (AvgIpc) is 2.35. The summed E-state index contributed by atoms with van der Waals surface area (Å²) in [7, 11) is 0. The highest BCUT2D eigenvalue weighted by Crippen LogP contribution is 2.10. The van der Waals surface area contributed by atoms with Crippen molar-refractivity contribution in [3.63, 3.8) is 0 Å². The summed E-state index contributed by atoms with van der Waals surface area (Å²) in [6.45, 7) is 11.3. The molecule has 0 aliphatic rings. The molecule has 0 aliphatic heterocycles. The summed E-state index contributed by atoms with van der Waals surface area (Å²) in [5, 5.41) is 3.09. The van der Waals surface area contributed by atoms with E-state index >= 15 is 0 Å². The quantitative estimate of drug-likeness (QED) is 0.830. The molecule has 0 aliphatic carbocycles. The molecule has 1 aromatic rings. The Kier molecular flexibility index (Phi) is 6.73. The number of amides is 1. The van der Waals surface area contributed by atoms with E-state index in [1.54, 1.807) is 6.92 Å². The number of carbonyl (C=O) groups is 1. The van der Waals surface area contributed by atoms with Crippen molar-refractivity contribution in [2.75, 3.05) is 6.54 Å². The summed E-state index contributed by atoms with van der Waals surface area (Å²) < 4.78 is 0. The van der Waals surface area contributed by atoms with E-state index in [4.69, 9.17) is 0 Å². The van der Waals surface area contributed by atoms with Gasteiger partial charge in [-0.25, -0.2) is 0 Å². The zero-order valence-electron chi connectivity index (χ0n) is 13.4. The first-order valence-electron chi connectivity index (χ1n) is 7.47. The average molecular weight is 276 g/mol. The van der Waals surface area contributed by atoms with Gasteiger partial charge in [-0.05, 0) is 39.7 Å². The summed E-state index contributed by atoms with van der Waals surface area (Å²) in [6.07, 6.45) is 0.871. The monoisotopic (exact) mass is 276 g/mol. The highest BCUT2D eigenvalue weighted by molar-refractivity contribution is 5.73. The van der Waals surface area contributed by atoms with Gasteiger partial charge in [0.1, 0.15) is 0 Å². The van der Waals surface area contributed by atoms with Crippen molar-refractivity contribution in [3.8, 4) is 0 Å². The summed E-state index contributed by atoms with van der Waals surface area (Å²) in [5.41, 5.74) is 1.26. The van der Waals surface area contributed by atoms with Crippen molar-refractivity contribution in [1.82, 2.24) is 10.2 Å². The maximum Gasteiger partial charge on any atom is 0.217 e. The lowest BCUT2D eigenvalue weighted by atomic mass is 10.0. The van der Waals surface area contributed by atoms with Crippen LogP contribution in [0.2, 0.25) is 0 Å². The summed E-state index contributed by atoms with van der Waals surface area (Å²) in [4.78, 5) is 13.9. The third-order valence-corrected chi connectivity index (χ3v) is 3.49. The molecule has 0 fully saturated rings. The number of hydrogen-bond donors (Lipinski definition) is 1. The molecule has 0 spiro atoms. The van der Waals surface area contributed by atoms with Gasteiger partial charge in [0, 0.05) is 31.6 Å². The molecule has 1 N–H and O–H groups in total. The molecule has 0 saturated carbocycles. The van der Waals surface area contributed by atoms with Crippen LogP contribution in [-0.4, -0.2) is 35.5 Å². The molecule has 0 bridgehead atoms. The van der Waals surface area contributed by atoms with Gasteiger partial charge in [0.15, 0.2) is 0 Å². The SMILES string of the molecule is CC(=O)N[C@@H](Cc1ccccc1)CN(C(C)C)C(C)C. The molecule has 20 heavy (non-hydrogen) atoms. The standard InChI is InChI=1S/C17H28N2O/c1-13(2)19(14(3)4)12-17(18-15(5)20)11-16-9-7-6-8-10-16/h6-10,13-14,17H,11-12H2,1-5H3,(H,18,20)/t17-/m0/s1. The lowest BCUT2D eigenvalue weighted by molar-refractivity contribution is -0.119. The predicted molar refractivity (Wildman–Crippen MR) is 84.7 cm³/mol. The van der Waals surface area contributed by atoms with Crippen molar-refractivity contribution < 1.29 is 4.79 Å². The molecule has 112 valence electrons. The maximum absolute atomic E-state index is 11.4. The van der Waals surface area contributed by atoms with Gasteiger partial charge in [-0.3, -0.25) is 9.69 Å². The molecule has 0 saturated heterocycles. The van der Waals surface area contributed by atoms with Gasteiger partial charge in [-0.1, -0.05) is 30.3 Å². The van der Waals surface area contributed by atoms with E-state index in [2.05, 4.69) is 50.0 Å². The van der Waals surface area contributed by atoms with Crippen LogP contribution >= 0.6 is 0 Å². The van der Waals surface area contributed by atoms with Gasteiger partial charge < -0.3 is 5.32 Å².